The molecule has 1 aromatic heterocycles. The summed E-state index contributed by atoms with van der Waals surface area (Å²) in [6.45, 7) is 4.40. The van der Waals surface area contributed by atoms with Crippen LogP contribution in [0.5, 0.6) is 0 Å². The van der Waals surface area contributed by atoms with Crippen molar-refractivity contribution in [3.8, 4) is 0 Å². The summed E-state index contributed by atoms with van der Waals surface area (Å²) in [4.78, 5) is 40.6. The lowest BCUT2D eigenvalue weighted by Gasteiger charge is -2.37. The van der Waals surface area contributed by atoms with E-state index in [0.717, 1.165) is 12.8 Å². The van der Waals surface area contributed by atoms with Crippen molar-refractivity contribution in [3.05, 3.63) is 24.2 Å². The SMILES string of the molecule is CCOC(=O)C1CCCN(C(=O)C2CCN(C(=O)c3ccco3)CC2)C1. The Morgan fingerprint density at radius 1 is 1.12 bits per heavy atom. The Morgan fingerprint density at radius 2 is 1.88 bits per heavy atom. The maximum atomic E-state index is 12.8. The fourth-order valence-corrected chi connectivity index (χ4v) is 3.77. The van der Waals surface area contributed by atoms with Gasteiger partial charge in [0.2, 0.25) is 5.91 Å². The zero-order valence-electron chi connectivity index (χ0n) is 15.2. The number of amides is 2. The van der Waals surface area contributed by atoms with Crippen LogP contribution < -0.4 is 0 Å². The van der Waals surface area contributed by atoms with Crippen LogP contribution in [0.15, 0.2) is 22.8 Å². The number of carbonyl (C=O) groups excluding carboxylic acids is 3. The van der Waals surface area contributed by atoms with Gasteiger partial charge in [0, 0.05) is 32.1 Å². The lowest BCUT2D eigenvalue weighted by molar-refractivity contribution is -0.152. The first-order valence-corrected chi connectivity index (χ1v) is 9.38. The van der Waals surface area contributed by atoms with E-state index in [4.69, 9.17) is 9.15 Å². The minimum Gasteiger partial charge on any atom is -0.466 e. The summed E-state index contributed by atoms with van der Waals surface area (Å²) in [5.41, 5.74) is 0. The van der Waals surface area contributed by atoms with Crippen LogP contribution in [0, 0.1) is 11.8 Å². The number of furan rings is 1. The second-order valence-corrected chi connectivity index (χ2v) is 6.92. The van der Waals surface area contributed by atoms with Gasteiger partial charge >= 0.3 is 5.97 Å². The maximum absolute atomic E-state index is 12.8. The highest BCUT2D eigenvalue weighted by atomic mass is 16.5. The quantitative estimate of drug-likeness (QED) is 0.765. The van der Waals surface area contributed by atoms with Gasteiger partial charge in [-0.25, -0.2) is 0 Å². The predicted octanol–water partition coefficient (Wildman–Crippen LogP) is 1.93. The van der Waals surface area contributed by atoms with Crippen LogP contribution in [-0.4, -0.2) is 60.4 Å². The number of hydrogen-bond acceptors (Lipinski definition) is 5. The van der Waals surface area contributed by atoms with Gasteiger partial charge < -0.3 is 19.0 Å². The second kappa shape index (κ2) is 8.38. The summed E-state index contributed by atoms with van der Waals surface area (Å²) in [6, 6.07) is 3.35. The van der Waals surface area contributed by atoms with E-state index in [0.29, 0.717) is 51.4 Å². The molecule has 7 heteroatoms. The van der Waals surface area contributed by atoms with Crippen LogP contribution in [0.25, 0.3) is 0 Å². The lowest BCUT2D eigenvalue weighted by Crippen LogP contribution is -2.48. The molecule has 0 saturated carbocycles. The third-order valence-electron chi connectivity index (χ3n) is 5.22. The molecule has 0 spiro atoms. The molecule has 2 amide bonds. The van der Waals surface area contributed by atoms with E-state index in [1.165, 1.54) is 6.26 Å². The summed E-state index contributed by atoms with van der Waals surface area (Å²) in [7, 11) is 0. The molecule has 3 heterocycles. The molecule has 7 nitrogen and oxygen atoms in total. The number of piperidine rings is 2. The lowest BCUT2D eigenvalue weighted by atomic mass is 9.92. The zero-order valence-corrected chi connectivity index (χ0v) is 15.2. The Bertz CT molecular complexity index is 634. The number of rotatable bonds is 4. The molecular weight excluding hydrogens is 336 g/mol. The molecule has 142 valence electrons. The first-order valence-electron chi connectivity index (χ1n) is 9.38. The number of nitrogens with zero attached hydrogens (tertiary/aromatic N) is 2. The van der Waals surface area contributed by atoms with Crippen molar-refractivity contribution in [1.82, 2.24) is 9.80 Å². The van der Waals surface area contributed by atoms with E-state index in [-0.39, 0.29) is 29.6 Å². The molecule has 2 fully saturated rings. The molecule has 0 bridgehead atoms. The van der Waals surface area contributed by atoms with Crippen LogP contribution in [0.3, 0.4) is 0 Å². The van der Waals surface area contributed by atoms with Gasteiger partial charge in [0.05, 0.1) is 18.8 Å². The van der Waals surface area contributed by atoms with Crippen LogP contribution in [0.1, 0.15) is 43.2 Å². The molecule has 2 aliphatic heterocycles. The Hall–Kier alpha value is -2.31. The molecule has 0 aliphatic carbocycles. The van der Waals surface area contributed by atoms with Gasteiger partial charge in [0.25, 0.3) is 5.91 Å². The van der Waals surface area contributed by atoms with Gasteiger partial charge in [-0.15, -0.1) is 0 Å². The van der Waals surface area contributed by atoms with Crippen molar-refractivity contribution in [3.63, 3.8) is 0 Å². The fourth-order valence-electron chi connectivity index (χ4n) is 3.77. The van der Waals surface area contributed by atoms with Crippen LogP contribution in [0.2, 0.25) is 0 Å². The first-order chi connectivity index (χ1) is 12.6. The van der Waals surface area contributed by atoms with Crippen molar-refractivity contribution in [2.45, 2.75) is 32.6 Å². The minimum atomic E-state index is -0.215. The molecule has 0 N–H and O–H groups in total. The summed E-state index contributed by atoms with van der Waals surface area (Å²) in [5.74, 6) is -0.192. The van der Waals surface area contributed by atoms with Crippen molar-refractivity contribution >= 4 is 17.8 Å². The van der Waals surface area contributed by atoms with Crippen molar-refractivity contribution in [2.24, 2.45) is 11.8 Å². The number of hydrogen-bond donors (Lipinski definition) is 0. The van der Waals surface area contributed by atoms with Crippen molar-refractivity contribution < 1.29 is 23.5 Å². The van der Waals surface area contributed by atoms with E-state index in [1.54, 1.807) is 28.9 Å². The molecule has 2 aliphatic rings. The van der Waals surface area contributed by atoms with E-state index in [1.807, 2.05) is 0 Å². The second-order valence-electron chi connectivity index (χ2n) is 6.92. The Kier molecular flexibility index (Phi) is 5.96. The molecule has 1 unspecified atom stereocenters. The average Bonchev–Trinajstić information content (AvgIpc) is 3.22. The van der Waals surface area contributed by atoms with Crippen LogP contribution >= 0.6 is 0 Å². The van der Waals surface area contributed by atoms with Gasteiger partial charge in [-0.1, -0.05) is 0 Å². The van der Waals surface area contributed by atoms with Gasteiger partial charge in [-0.05, 0) is 44.7 Å². The van der Waals surface area contributed by atoms with E-state index in [9.17, 15) is 14.4 Å². The third-order valence-corrected chi connectivity index (χ3v) is 5.22. The van der Waals surface area contributed by atoms with Gasteiger partial charge in [0.1, 0.15) is 0 Å². The Morgan fingerprint density at radius 3 is 2.54 bits per heavy atom. The third kappa shape index (κ3) is 4.08. The monoisotopic (exact) mass is 362 g/mol. The Balaban J connectivity index is 1.51. The van der Waals surface area contributed by atoms with E-state index < -0.39 is 0 Å². The molecule has 3 rings (SSSR count). The highest BCUT2D eigenvalue weighted by Gasteiger charge is 2.35. The van der Waals surface area contributed by atoms with Crippen molar-refractivity contribution in [2.75, 3.05) is 32.8 Å². The molecule has 0 aromatic carbocycles. The molecule has 2 saturated heterocycles. The normalized spacial score (nSPS) is 21.5. The summed E-state index contributed by atoms with van der Waals surface area (Å²) in [6.07, 6.45) is 4.38. The number of esters is 1. The summed E-state index contributed by atoms with van der Waals surface area (Å²) >= 11 is 0. The van der Waals surface area contributed by atoms with Gasteiger partial charge in [-0.2, -0.15) is 0 Å². The van der Waals surface area contributed by atoms with E-state index >= 15 is 0 Å². The van der Waals surface area contributed by atoms with Crippen molar-refractivity contribution in [1.29, 1.82) is 0 Å². The number of carbonyl (C=O) groups is 3. The zero-order chi connectivity index (χ0) is 18.5. The Labute approximate surface area is 153 Å². The highest BCUT2D eigenvalue weighted by molar-refractivity contribution is 5.91. The standard InChI is InChI=1S/C19H26N2O5/c1-2-25-19(24)15-5-3-9-21(13-15)17(22)14-7-10-20(11-8-14)18(23)16-6-4-12-26-16/h4,6,12,14-15H,2-3,5,7-11,13H2,1H3. The van der Waals surface area contributed by atoms with E-state index in [2.05, 4.69) is 0 Å². The smallest absolute Gasteiger partial charge is 0.310 e. The largest absolute Gasteiger partial charge is 0.466 e. The number of likely N-dealkylation sites (tertiary alicyclic amines) is 2. The van der Waals surface area contributed by atoms with Gasteiger partial charge in [0.15, 0.2) is 5.76 Å². The van der Waals surface area contributed by atoms with Crippen LogP contribution in [-0.2, 0) is 14.3 Å². The molecule has 1 aromatic rings. The summed E-state index contributed by atoms with van der Waals surface area (Å²) < 4.78 is 10.3. The topological polar surface area (TPSA) is 80.1 Å². The average molecular weight is 362 g/mol. The maximum Gasteiger partial charge on any atom is 0.310 e. The summed E-state index contributed by atoms with van der Waals surface area (Å²) in [5, 5.41) is 0. The molecule has 1 atom stereocenters. The fraction of sp³-hybridized carbons (Fsp3) is 0.632. The first kappa shape index (κ1) is 18.5. The molecule has 26 heavy (non-hydrogen) atoms. The molecule has 0 radical (unpaired) electrons. The highest BCUT2D eigenvalue weighted by Crippen LogP contribution is 2.25. The number of ether oxygens (including phenoxy) is 1. The van der Waals surface area contributed by atoms with Gasteiger partial charge in [-0.3, -0.25) is 14.4 Å². The predicted molar refractivity (Wildman–Crippen MR) is 93.3 cm³/mol. The van der Waals surface area contributed by atoms with Crippen LogP contribution in [0.4, 0.5) is 0 Å². The molecular formula is C19H26N2O5. The minimum absolute atomic E-state index is 0.0865.